The fraction of sp³-hybridized carbons (Fsp3) is 0.684. The van der Waals surface area contributed by atoms with Crippen LogP contribution in [0.3, 0.4) is 0 Å². The number of methoxy groups -OCH3 is 2. The summed E-state index contributed by atoms with van der Waals surface area (Å²) in [6, 6.07) is 6.16. The van der Waals surface area contributed by atoms with E-state index < -0.39 is 6.10 Å². The smallest absolute Gasteiger partial charge is 0.165 e. The fourth-order valence-corrected chi connectivity index (χ4v) is 2.52. The molecule has 1 aromatic rings. The van der Waals surface area contributed by atoms with Crippen molar-refractivity contribution in [2.75, 3.05) is 34.0 Å². The standard InChI is InChI=1S/C19H33NO4/c1-14(2)12-24-13-17(21)11-20(15(3)4)10-16-8-7-9-18(22-5)19(16)23-6/h7-9,14-15,17,21H,10-13H2,1-6H3/t17-/m0/s1. The maximum absolute atomic E-state index is 10.3. The SMILES string of the molecule is COc1cccc(CN(C[C@H](O)COCC(C)C)C(C)C)c1OC. The topological polar surface area (TPSA) is 51.2 Å². The third kappa shape index (κ3) is 6.67. The van der Waals surface area contributed by atoms with Gasteiger partial charge in [-0.15, -0.1) is 0 Å². The Hall–Kier alpha value is -1.30. The minimum absolute atomic E-state index is 0.292. The van der Waals surface area contributed by atoms with Crippen LogP contribution in [0.15, 0.2) is 18.2 Å². The molecule has 138 valence electrons. The molecule has 0 aliphatic carbocycles. The van der Waals surface area contributed by atoms with Gasteiger partial charge < -0.3 is 19.3 Å². The lowest BCUT2D eigenvalue weighted by Gasteiger charge is -2.29. The van der Waals surface area contributed by atoms with Gasteiger partial charge in [0, 0.05) is 31.3 Å². The zero-order chi connectivity index (χ0) is 18.1. The van der Waals surface area contributed by atoms with Crippen molar-refractivity contribution in [3.8, 4) is 11.5 Å². The molecular formula is C19H33NO4. The molecule has 1 aromatic carbocycles. The highest BCUT2D eigenvalue weighted by molar-refractivity contribution is 5.46. The summed E-state index contributed by atoms with van der Waals surface area (Å²) in [5.41, 5.74) is 1.04. The first kappa shape index (κ1) is 20.7. The zero-order valence-corrected chi connectivity index (χ0v) is 15.9. The molecular weight excluding hydrogens is 306 g/mol. The van der Waals surface area contributed by atoms with Crippen LogP contribution in [0.1, 0.15) is 33.3 Å². The Labute approximate surface area is 146 Å². The van der Waals surface area contributed by atoms with Crippen LogP contribution >= 0.6 is 0 Å². The molecule has 0 radical (unpaired) electrons. The van der Waals surface area contributed by atoms with E-state index in [9.17, 15) is 5.11 Å². The first-order chi connectivity index (χ1) is 11.4. The summed E-state index contributed by atoms with van der Waals surface area (Å²) in [4.78, 5) is 2.21. The van der Waals surface area contributed by atoms with E-state index in [1.807, 2.05) is 18.2 Å². The van der Waals surface area contributed by atoms with Gasteiger partial charge in [-0.3, -0.25) is 4.90 Å². The molecule has 0 amide bonds. The van der Waals surface area contributed by atoms with Gasteiger partial charge in [0.25, 0.3) is 0 Å². The Morgan fingerprint density at radius 1 is 1.04 bits per heavy atom. The Morgan fingerprint density at radius 2 is 1.75 bits per heavy atom. The van der Waals surface area contributed by atoms with E-state index in [4.69, 9.17) is 14.2 Å². The highest BCUT2D eigenvalue weighted by atomic mass is 16.5. The van der Waals surface area contributed by atoms with Crippen LogP contribution in [0.2, 0.25) is 0 Å². The molecule has 0 saturated carbocycles. The molecule has 0 spiro atoms. The normalized spacial score (nSPS) is 12.9. The third-order valence-electron chi connectivity index (χ3n) is 3.79. The molecule has 5 nitrogen and oxygen atoms in total. The second kappa shape index (κ2) is 10.5. The van der Waals surface area contributed by atoms with Crippen molar-refractivity contribution in [1.29, 1.82) is 0 Å². The maximum Gasteiger partial charge on any atom is 0.165 e. The van der Waals surface area contributed by atoms with E-state index in [-0.39, 0.29) is 0 Å². The summed E-state index contributed by atoms with van der Waals surface area (Å²) in [6.07, 6.45) is -0.511. The molecule has 1 N–H and O–H groups in total. The van der Waals surface area contributed by atoms with Gasteiger partial charge in [0.15, 0.2) is 11.5 Å². The number of benzene rings is 1. The van der Waals surface area contributed by atoms with Gasteiger partial charge in [0.2, 0.25) is 0 Å². The van der Waals surface area contributed by atoms with Gasteiger partial charge in [-0.05, 0) is 25.8 Å². The number of aliphatic hydroxyl groups is 1. The van der Waals surface area contributed by atoms with Gasteiger partial charge in [-0.1, -0.05) is 26.0 Å². The van der Waals surface area contributed by atoms with Crippen molar-refractivity contribution in [3.05, 3.63) is 23.8 Å². The van der Waals surface area contributed by atoms with Crippen molar-refractivity contribution in [2.24, 2.45) is 5.92 Å². The predicted octanol–water partition coefficient (Wildman–Crippen LogP) is 2.95. The molecule has 0 bridgehead atoms. The summed E-state index contributed by atoms with van der Waals surface area (Å²) in [7, 11) is 3.29. The number of nitrogens with zero attached hydrogens (tertiary/aromatic N) is 1. The second-order valence-electron chi connectivity index (χ2n) is 6.76. The van der Waals surface area contributed by atoms with Gasteiger partial charge in [0.1, 0.15) is 0 Å². The Bertz CT molecular complexity index is 476. The van der Waals surface area contributed by atoms with Crippen LogP contribution in [0.5, 0.6) is 11.5 Å². The van der Waals surface area contributed by atoms with Crippen molar-refractivity contribution >= 4 is 0 Å². The van der Waals surface area contributed by atoms with Crippen LogP contribution in [0.25, 0.3) is 0 Å². The van der Waals surface area contributed by atoms with E-state index in [2.05, 4.69) is 32.6 Å². The molecule has 0 saturated heterocycles. The molecule has 0 unspecified atom stereocenters. The monoisotopic (exact) mass is 339 g/mol. The van der Waals surface area contributed by atoms with Crippen molar-refractivity contribution in [1.82, 2.24) is 4.90 Å². The van der Waals surface area contributed by atoms with E-state index >= 15 is 0 Å². The average Bonchev–Trinajstić information content (AvgIpc) is 2.53. The van der Waals surface area contributed by atoms with Gasteiger partial charge in [-0.2, -0.15) is 0 Å². The number of rotatable bonds is 11. The van der Waals surface area contributed by atoms with E-state index in [1.165, 1.54) is 0 Å². The number of aliphatic hydroxyl groups excluding tert-OH is 1. The molecule has 1 atom stereocenters. The zero-order valence-electron chi connectivity index (χ0n) is 15.9. The number of ether oxygens (including phenoxy) is 3. The Balaban J connectivity index is 2.73. The van der Waals surface area contributed by atoms with Crippen LogP contribution < -0.4 is 9.47 Å². The maximum atomic E-state index is 10.3. The molecule has 0 fully saturated rings. The Morgan fingerprint density at radius 3 is 2.29 bits per heavy atom. The molecule has 24 heavy (non-hydrogen) atoms. The highest BCUT2D eigenvalue weighted by Crippen LogP contribution is 2.31. The third-order valence-corrected chi connectivity index (χ3v) is 3.79. The van der Waals surface area contributed by atoms with Crippen LogP contribution in [0, 0.1) is 5.92 Å². The molecule has 5 heteroatoms. The second-order valence-corrected chi connectivity index (χ2v) is 6.76. The van der Waals surface area contributed by atoms with E-state index in [0.29, 0.717) is 38.3 Å². The van der Waals surface area contributed by atoms with E-state index in [0.717, 1.165) is 17.1 Å². The lowest BCUT2D eigenvalue weighted by molar-refractivity contribution is 0.00161. The van der Waals surface area contributed by atoms with Crippen LogP contribution in [-0.2, 0) is 11.3 Å². The quantitative estimate of drug-likeness (QED) is 0.672. The number of hydrogen-bond donors (Lipinski definition) is 1. The largest absolute Gasteiger partial charge is 0.493 e. The minimum Gasteiger partial charge on any atom is -0.493 e. The molecule has 0 aliphatic heterocycles. The number of hydrogen-bond acceptors (Lipinski definition) is 5. The lowest BCUT2D eigenvalue weighted by atomic mass is 10.1. The molecule has 0 heterocycles. The predicted molar refractivity (Wildman–Crippen MR) is 96.8 cm³/mol. The summed E-state index contributed by atoms with van der Waals surface area (Å²) < 4.78 is 16.4. The fourth-order valence-electron chi connectivity index (χ4n) is 2.52. The van der Waals surface area contributed by atoms with Gasteiger partial charge in [0.05, 0.1) is 26.9 Å². The first-order valence-electron chi connectivity index (χ1n) is 8.58. The van der Waals surface area contributed by atoms with Crippen LogP contribution in [0.4, 0.5) is 0 Å². The van der Waals surface area contributed by atoms with E-state index in [1.54, 1.807) is 14.2 Å². The van der Waals surface area contributed by atoms with Gasteiger partial charge in [-0.25, -0.2) is 0 Å². The number of para-hydroxylation sites is 1. The summed E-state index contributed by atoms with van der Waals surface area (Å²) in [5.74, 6) is 1.94. The van der Waals surface area contributed by atoms with Crippen molar-refractivity contribution < 1.29 is 19.3 Å². The lowest BCUT2D eigenvalue weighted by Crippen LogP contribution is -2.39. The molecule has 0 aliphatic rings. The molecule has 0 aromatic heterocycles. The molecule has 1 rings (SSSR count). The summed E-state index contributed by atoms with van der Waals surface area (Å²) >= 11 is 0. The van der Waals surface area contributed by atoms with Crippen molar-refractivity contribution in [2.45, 2.75) is 46.4 Å². The summed E-state index contributed by atoms with van der Waals surface area (Å²) in [6.45, 7) is 10.7. The van der Waals surface area contributed by atoms with Gasteiger partial charge >= 0.3 is 0 Å². The average molecular weight is 339 g/mol. The first-order valence-corrected chi connectivity index (χ1v) is 8.58. The van der Waals surface area contributed by atoms with Crippen molar-refractivity contribution in [3.63, 3.8) is 0 Å². The highest BCUT2D eigenvalue weighted by Gasteiger charge is 2.18. The van der Waals surface area contributed by atoms with Crippen LogP contribution in [-0.4, -0.2) is 56.1 Å². The summed E-state index contributed by atoms with van der Waals surface area (Å²) in [5, 5.41) is 10.3. The minimum atomic E-state index is -0.511. The Kier molecular flexibility index (Phi) is 9.11.